The van der Waals surface area contributed by atoms with Gasteiger partial charge in [-0.1, -0.05) is 19.0 Å². The first-order valence-electron chi connectivity index (χ1n) is 7.92. The number of benzene rings is 1. The molecule has 3 aromatic rings. The van der Waals surface area contributed by atoms with Gasteiger partial charge in [0.1, 0.15) is 12.3 Å². The van der Waals surface area contributed by atoms with Crippen molar-refractivity contribution in [2.24, 2.45) is 0 Å². The molecule has 0 aliphatic carbocycles. The lowest BCUT2D eigenvalue weighted by Crippen LogP contribution is -2.26. The molecule has 24 heavy (non-hydrogen) atoms. The normalized spacial score (nSPS) is 11.2. The summed E-state index contributed by atoms with van der Waals surface area (Å²) in [5, 5.41) is 7.88. The second-order valence-corrected chi connectivity index (χ2v) is 6.02. The van der Waals surface area contributed by atoms with Crippen molar-refractivity contribution in [3.8, 4) is 5.75 Å². The van der Waals surface area contributed by atoms with Crippen LogP contribution >= 0.6 is 0 Å². The van der Waals surface area contributed by atoms with Crippen LogP contribution in [-0.4, -0.2) is 22.7 Å². The van der Waals surface area contributed by atoms with Crippen molar-refractivity contribution in [1.29, 1.82) is 0 Å². The van der Waals surface area contributed by atoms with Crippen molar-refractivity contribution in [1.82, 2.24) is 15.0 Å². The number of methoxy groups -OCH3 is 1. The summed E-state index contributed by atoms with van der Waals surface area (Å²) in [6.45, 7) is 4.69. The van der Waals surface area contributed by atoms with E-state index < -0.39 is 0 Å². The van der Waals surface area contributed by atoms with E-state index in [1.807, 2.05) is 54.9 Å². The number of hydrogen-bond donors (Lipinski definition) is 1. The summed E-state index contributed by atoms with van der Waals surface area (Å²) >= 11 is 0. The van der Waals surface area contributed by atoms with Crippen LogP contribution in [0, 0.1) is 0 Å². The van der Waals surface area contributed by atoms with Crippen LogP contribution in [0.25, 0.3) is 10.9 Å². The van der Waals surface area contributed by atoms with Crippen molar-refractivity contribution in [2.45, 2.75) is 32.9 Å². The highest BCUT2D eigenvalue weighted by molar-refractivity contribution is 5.84. The maximum absolute atomic E-state index is 12.2. The van der Waals surface area contributed by atoms with Crippen LogP contribution in [0.1, 0.15) is 31.2 Å². The zero-order chi connectivity index (χ0) is 17.1. The Labute approximate surface area is 140 Å². The molecule has 0 fully saturated rings. The van der Waals surface area contributed by atoms with Gasteiger partial charge in [-0.25, -0.2) is 0 Å². The van der Waals surface area contributed by atoms with Gasteiger partial charge in [-0.15, -0.1) is 0 Å². The summed E-state index contributed by atoms with van der Waals surface area (Å²) < 4.78 is 12.3. The topological polar surface area (TPSA) is 69.3 Å². The standard InChI is InChI=1S/C18H21N3O3/c1-12(2)16-9-15(24-20-16)10-19-18(22)11-21-7-6-13-8-14(23-3)4-5-17(13)21/h4-9,12H,10-11H2,1-3H3,(H,19,22). The van der Waals surface area contributed by atoms with Gasteiger partial charge in [-0.05, 0) is 30.2 Å². The van der Waals surface area contributed by atoms with Gasteiger partial charge in [0.15, 0.2) is 5.76 Å². The van der Waals surface area contributed by atoms with Crippen LogP contribution < -0.4 is 10.1 Å². The number of ether oxygens (including phenoxy) is 1. The lowest BCUT2D eigenvalue weighted by Gasteiger charge is -2.06. The van der Waals surface area contributed by atoms with Crippen LogP contribution in [0.3, 0.4) is 0 Å². The minimum atomic E-state index is -0.0779. The molecular weight excluding hydrogens is 306 g/mol. The molecule has 126 valence electrons. The Morgan fingerprint density at radius 3 is 2.88 bits per heavy atom. The molecule has 1 amide bonds. The van der Waals surface area contributed by atoms with Gasteiger partial charge >= 0.3 is 0 Å². The molecule has 3 rings (SSSR count). The second kappa shape index (κ2) is 6.78. The number of carbonyl (C=O) groups excluding carboxylic acids is 1. The van der Waals surface area contributed by atoms with E-state index in [0.29, 0.717) is 18.2 Å². The highest BCUT2D eigenvalue weighted by atomic mass is 16.5. The van der Waals surface area contributed by atoms with Crippen LogP contribution in [0.4, 0.5) is 0 Å². The number of aromatic nitrogens is 2. The maximum Gasteiger partial charge on any atom is 0.240 e. The molecule has 0 unspecified atom stereocenters. The van der Waals surface area contributed by atoms with Crippen LogP contribution in [-0.2, 0) is 17.9 Å². The fourth-order valence-corrected chi connectivity index (χ4v) is 2.52. The zero-order valence-corrected chi connectivity index (χ0v) is 14.1. The van der Waals surface area contributed by atoms with Gasteiger partial charge in [0.2, 0.25) is 5.91 Å². The number of rotatable bonds is 6. The van der Waals surface area contributed by atoms with Gasteiger partial charge in [0.05, 0.1) is 19.3 Å². The van der Waals surface area contributed by atoms with Gasteiger partial charge in [0.25, 0.3) is 0 Å². The van der Waals surface area contributed by atoms with Gasteiger partial charge in [-0.3, -0.25) is 4.79 Å². The molecule has 6 heteroatoms. The van der Waals surface area contributed by atoms with E-state index in [1.54, 1.807) is 7.11 Å². The first-order chi connectivity index (χ1) is 11.6. The molecule has 0 saturated carbocycles. The molecule has 0 aliphatic heterocycles. The maximum atomic E-state index is 12.2. The zero-order valence-electron chi connectivity index (χ0n) is 14.1. The third kappa shape index (κ3) is 3.42. The quantitative estimate of drug-likeness (QED) is 0.755. The lowest BCUT2D eigenvalue weighted by molar-refractivity contribution is -0.121. The highest BCUT2D eigenvalue weighted by Crippen LogP contribution is 2.21. The van der Waals surface area contributed by atoms with E-state index in [2.05, 4.69) is 10.5 Å². The Hall–Kier alpha value is -2.76. The first kappa shape index (κ1) is 16.1. The highest BCUT2D eigenvalue weighted by Gasteiger charge is 2.10. The van der Waals surface area contributed by atoms with E-state index in [9.17, 15) is 4.79 Å². The number of amides is 1. The largest absolute Gasteiger partial charge is 0.497 e. The van der Waals surface area contributed by atoms with Crippen molar-refractivity contribution in [2.75, 3.05) is 7.11 Å². The Kier molecular flexibility index (Phi) is 4.55. The number of fused-ring (bicyclic) bond motifs is 1. The molecule has 2 heterocycles. The molecule has 0 atom stereocenters. The van der Waals surface area contributed by atoms with E-state index in [0.717, 1.165) is 22.3 Å². The molecule has 6 nitrogen and oxygen atoms in total. The van der Waals surface area contributed by atoms with Crippen molar-refractivity contribution >= 4 is 16.8 Å². The third-order valence-electron chi connectivity index (χ3n) is 3.92. The third-order valence-corrected chi connectivity index (χ3v) is 3.92. The Bertz CT molecular complexity index is 848. The molecule has 0 bridgehead atoms. The summed E-state index contributed by atoms with van der Waals surface area (Å²) in [6.07, 6.45) is 1.90. The van der Waals surface area contributed by atoms with Crippen molar-refractivity contribution in [3.63, 3.8) is 0 Å². The molecule has 2 aromatic heterocycles. The Morgan fingerprint density at radius 2 is 2.17 bits per heavy atom. The van der Waals surface area contributed by atoms with E-state index in [4.69, 9.17) is 9.26 Å². The Morgan fingerprint density at radius 1 is 1.33 bits per heavy atom. The summed E-state index contributed by atoms with van der Waals surface area (Å²) in [5.41, 5.74) is 1.89. The molecule has 1 aromatic carbocycles. The smallest absolute Gasteiger partial charge is 0.240 e. The van der Waals surface area contributed by atoms with E-state index >= 15 is 0 Å². The summed E-state index contributed by atoms with van der Waals surface area (Å²) in [6, 6.07) is 9.63. The number of hydrogen-bond acceptors (Lipinski definition) is 4. The fraction of sp³-hybridized carbons (Fsp3) is 0.333. The van der Waals surface area contributed by atoms with Crippen molar-refractivity contribution in [3.05, 3.63) is 48.0 Å². The number of carbonyl (C=O) groups is 1. The Balaban J connectivity index is 1.62. The fourth-order valence-electron chi connectivity index (χ4n) is 2.52. The average molecular weight is 327 g/mol. The minimum absolute atomic E-state index is 0.0779. The van der Waals surface area contributed by atoms with Gasteiger partial charge in [-0.2, -0.15) is 0 Å². The van der Waals surface area contributed by atoms with Crippen LogP contribution in [0.5, 0.6) is 5.75 Å². The van der Waals surface area contributed by atoms with Crippen molar-refractivity contribution < 1.29 is 14.1 Å². The van der Waals surface area contributed by atoms with Gasteiger partial charge < -0.3 is 19.1 Å². The van der Waals surface area contributed by atoms with Crippen LogP contribution in [0.15, 0.2) is 41.1 Å². The second-order valence-electron chi connectivity index (χ2n) is 6.02. The van der Waals surface area contributed by atoms with Crippen LogP contribution in [0.2, 0.25) is 0 Å². The molecule has 0 aliphatic rings. The van der Waals surface area contributed by atoms with Gasteiger partial charge in [0, 0.05) is 23.2 Å². The lowest BCUT2D eigenvalue weighted by atomic mass is 10.1. The molecule has 0 radical (unpaired) electrons. The van der Waals surface area contributed by atoms with E-state index in [-0.39, 0.29) is 12.5 Å². The summed E-state index contributed by atoms with van der Waals surface area (Å²) in [5.74, 6) is 1.69. The first-order valence-corrected chi connectivity index (χ1v) is 7.92. The number of nitrogens with one attached hydrogen (secondary N) is 1. The molecular formula is C18H21N3O3. The summed E-state index contributed by atoms with van der Waals surface area (Å²) in [4.78, 5) is 12.2. The summed E-state index contributed by atoms with van der Waals surface area (Å²) in [7, 11) is 1.64. The molecule has 1 N–H and O–H groups in total. The predicted octanol–water partition coefficient (Wildman–Crippen LogP) is 3.08. The average Bonchev–Trinajstić information content (AvgIpc) is 3.20. The predicted molar refractivity (Wildman–Crippen MR) is 90.9 cm³/mol. The SMILES string of the molecule is COc1ccc2c(ccn2CC(=O)NCc2cc(C(C)C)no2)c1. The molecule has 0 spiro atoms. The van der Waals surface area contributed by atoms with E-state index in [1.165, 1.54) is 0 Å². The monoisotopic (exact) mass is 327 g/mol. The number of nitrogens with zero attached hydrogens (tertiary/aromatic N) is 2. The molecule has 0 saturated heterocycles. The minimum Gasteiger partial charge on any atom is -0.497 e.